The molecule has 0 atom stereocenters. The van der Waals surface area contributed by atoms with Gasteiger partial charge in [-0.2, -0.15) is 10.4 Å². The molecule has 1 N–H and O–H groups in total. The van der Waals surface area contributed by atoms with Crippen molar-refractivity contribution in [3.63, 3.8) is 0 Å². The maximum Gasteiger partial charge on any atom is 0.166 e. The summed E-state index contributed by atoms with van der Waals surface area (Å²) >= 11 is 0. The molecule has 1 aromatic heterocycles. The molecule has 1 saturated heterocycles. The normalized spacial score (nSPS) is 16.2. The topological polar surface area (TPSA) is 74.1 Å². The summed E-state index contributed by atoms with van der Waals surface area (Å²) in [6, 6.07) is 3.76. The van der Waals surface area contributed by atoms with Crippen molar-refractivity contribution in [2.45, 2.75) is 6.42 Å². The van der Waals surface area contributed by atoms with E-state index < -0.39 is 0 Å². The average Bonchev–Trinajstić information content (AvgIpc) is 2.45. The Labute approximate surface area is 107 Å². The lowest BCUT2D eigenvalue weighted by Gasteiger charge is -2.26. The van der Waals surface area contributed by atoms with Gasteiger partial charge in [0.25, 0.3) is 0 Å². The highest BCUT2D eigenvalue weighted by molar-refractivity contribution is 5.49. The number of nitriles is 1. The molecule has 1 aromatic rings. The van der Waals surface area contributed by atoms with Crippen molar-refractivity contribution in [3.05, 3.63) is 17.8 Å². The Hall–Kier alpha value is -1.71. The van der Waals surface area contributed by atoms with Crippen molar-refractivity contribution < 1.29 is 4.74 Å². The van der Waals surface area contributed by atoms with Crippen LogP contribution in [0.3, 0.4) is 0 Å². The second-order valence-corrected chi connectivity index (χ2v) is 4.14. The van der Waals surface area contributed by atoms with E-state index >= 15 is 0 Å². The fraction of sp³-hybridized carbons (Fsp3) is 0.583. The van der Waals surface area contributed by atoms with E-state index in [4.69, 9.17) is 10.00 Å². The summed E-state index contributed by atoms with van der Waals surface area (Å²) in [4.78, 5) is 2.38. The second kappa shape index (κ2) is 6.89. The molecule has 0 spiro atoms. The molecule has 2 heterocycles. The first-order valence-electron chi connectivity index (χ1n) is 6.16. The maximum absolute atomic E-state index is 8.90. The van der Waals surface area contributed by atoms with Gasteiger partial charge in [0, 0.05) is 19.6 Å². The summed E-state index contributed by atoms with van der Waals surface area (Å²) in [5, 5.41) is 19.7. The summed E-state index contributed by atoms with van der Waals surface area (Å²) in [6.07, 6.45) is 2.54. The molecule has 0 saturated carbocycles. The molecule has 0 aromatic carbocycles. The lowest BCUT2D eigenvalue weighted by molar-refractivity contribution is 0.0378. The number of hydrogen-bond acceptors (Lipinski definition) is 6. The van der Waals surface area contributed by atoms with E-state index in [-0.39, 0.29) is 0 Å². The first-order chi connectivity index (χ1) is 8.90. The predicted octanol–water partition coefficient (Wildman–Crippen LogP) is 0.482. The summed E-state index contributed by atoms with van der Waals surface area (Å²) in [5.41, 5.74) is 0.538. The molecule has 1 aliphatic heterocycles. The van der Waals surface area contributed by atoms with Crippen LogP contribution in [0.1, 0.15) is 12.0 Å². The van der Waals surface area contributed by atoms with Crippen LogP contribution >= 0.6 is 0 Å². The van der Waals surface area contributed by atoms with Crippen LogP contribution in [0.15, 0.2) is 12.3 Å². The average molecular weight is 247 g/mol. The second-order valence-electron chi connectivity index (χ2n) is 4.14. The fourth-order valence-electron chi connectivity index (χ4n) is 1.89. The molecular weight excluding hydrogens is 230 g/mol. The monoisotopic (exact) mass is 247 g/mol. The molecular formula is C12H17N5O. The van der Waals surface area contributed by atoms with Gasteiger partial charge in [-0.25, -0.2) is 0 Å². The number of aromatic nitrogens is 2. The first-order valence-corrected chi connectivity index (χ1v) is 6.16. The van der Waals surface area contributed by atoms with E-state index in [1.165, 1.54) is 6.20 Å². The largest absolute Gasteiger partial charge is 0.379 e. The Morgan fingerprint density at radius 2 is 2.28 bits per heavy atom. The van der Waals surface area contributed by atoms with Crippen LogP contribution in [0.5, 0.6) is 0 Å². The third-order valence-electron chi connectivity index (χ3n) is 2.89. The van der Waals surface area contributed by atoms with Crippen LogP contribution < -0.4 is 5.32 Å². The third kappa shape index (κ3) is 3.65. The summed E-state index contributed by atoms with van der Waals surface area (Å²) in [6.45, 7) is 5.51. The number of nitrogens with zero attached hydrogens (tertiary/aromatic N) is 4. The molecule has 0 amide bonds. The fourth-order valence-corrected chi connectivity index (χ4v) is 1.89. The molecule has 6 nitrogen and oxygen atoms in total. The van der Waals surface area contributed by atoms with Crippen molar-refractivity contribution >= 4 is 5.82 Å². The summed E-state index contributed by atoms with van der Waals surface area (Å²) in [7, 11) is 0. The Morgan fingerprint density at radius 3 is 3.06 bits per heavy atom. The standard InChI is InChI=1S/C12H17N5O/c13-10-11-2-4-15-16-12(11)14-3-1-5-17-6-8-18-9-7-17/h2,4H,1,3,5-9H2,(H,14,16). The molecule has 1 fully saturated rings. The van der Waals surface area contributed by atoms with Gasteiger partial charge >= 0.3 is 0 Å². The Kier molecular flexibility index (Phi) is 4.88. The zero-order valence-electron chi connectivity index (χ0n) is 10.3. The Morgan fingerprint density at radius 1 is 1.44 bits per heavy atom. The predicted molar refractivity (Wildman–Crippen MR) is 67.1 cm³/mol. The van der Waals surface area contributed by atoms with Gasteiger partial charge in [0.15, 0.2) is 5.82 Å². The van der Waals surface area contributed by atoms with E-state index in [1.54, 1.807) is 6.07 Å². The summed E-state index contributed by atoms with van der Waals surface area (Å²) < 4.78 is 5.29. The van der Waals surface area contributed by atoms with Gasteiger partial charge in [-0.05, 0) is 19.0 Å². The highest BCUT2D eigenvalue weighted by atomic mass is 16.5. The number of anilines is 1. The van der Waals surface area contributed by atoms with Crippen molar-refractivity contribution in [2.75, 3.05) is 44.7 Å². The van der Waals surface area contributed by atoms with E-state index in [0.717, 1.165) is 45.8 Å². The summed E-state index contributed by atoms with van der Waals surface area (Å²) in [5.74, 6) is 0.571. The van der Waals surface area contributed by atoms with Crippen molar-refractivity contribution in [1.82, 2.24) is 15.1 Å². The first kappa shape index (κ1) is 12.7. The zero-order chi connectivity index (χ0) is 12.6. The lowest BCUT2D eigenvalue weighted by Crippen LogP contribution is -2.37. The Balaban J connectivity index is 1.70. The lowest BCUT2D eigenvalue weighted by atomic mass is 10.3. The molecule has 6 heteroatoms. The van der Waals surface area contributed by atoms with Crippen molar-refractivity contribution in [3.8, 4) is 6.07 Å². The molecule has 1 aliphatic rings. The maximum atomic E-state index is 8.90. The SMILES string of the molecule is N#Cc1ccnnc1NCCCN1CCOCC1. The van der Waals surface area contributed by atoms with E-state index in [2.05, 4.69) is 26.5 Å². The molecule has 2 rings (SSSR count). The van der Waals surface area contributed by atoms with Gasteiger partial charge in [0.05, 0.1) is 25.0 Å². The van der Waals surface area contributed by atoms with Crippen LogP contribution in [0, 0.1) is 11.3 Å². The van der Waals surface area contributed by atoms with E-state index in [9.17, 15) is 0 Å². The molecule has 0 radical (unpaired) electrons. The third-order valence-corrected chi connectivity index (χ3v) is 2.89. The van der Waals surface area contributed by atoms with Crippen LogP contribution in [-0.2, 0) is 4.74 Å². The zero-order valence-corrected chi connectivity index (χ0v) is 10.3. The van der Waals surface area contributed by atoms with Crippen LogP contribution in [-0.4, -0.2) is 54.5 Å². The minimum atomic E-state index is 0.538. The molecule has 0 aliphatic carbocycles. The van der Waals surface area contributed by atoms with E-state index in [1.807, 2.05) is 0 Å². The molecule has 18 heavy (non-hydrogen) atoms. The van der Waals surface area contributed by atoms with Gasteiger partial charge < -0.3 is 10.1 Å². The number of ether oxygens (including phenoxy) is 1. The van der Waals surface area contributed by atoms with Crippen LogP contribution in [0.2, 0.25) is 0 Å². The van der Waals surface area contributed by atoms with Crippen molar-refractivity contribution in [2.24, 2.45) is 0 Å². The van der Waals surface area contributed by atoms with Crippen LogP contribution in [0.25, 0.3) is 0 Å². The molecule has 96 valence electrons. The minimum Gasteiger partial charge on any atom is -0.379 e. The minimum absolute atomic E-state index is 0.538. The smallest absolute Gasteiger partial charge is 0.166 e. The number of rotatable bonds is 5. The Bertz CT molecular complexity index is 411. The van der Waals surface area contributed by atoms with Gasteiger partial charge in [-0.3, -0.25) is 4.90 Å². The van der Waals surface area contributed by atoms with Gasteiger partial charge in [0.1, 0.15) is 6.07 Å². The van der Waals surface area contributed by atoms with Gasteiger partial charge in [-0.15, -0.1) is 5.10 Å². The van der Waals surface area contributed by atoms with Gasteiger partial charge in [0.2, 0.25) is 0 Å². The van der Waals surface area contributed by atoms with Gasteiger partial charge in [-0.1, -0.05) is 0 Å². The number of morpholine rings is 1. The molecule has 0 unspecified atom stereocenters. The molecule has 0 bridgehead atoms. The highest BCUT2D eigenvalue weighted by Crippen LogP contribution is 2.08. The van der Waals surface area contributed by atoms with Crippen molar-refractivity contribution in [1.29, 1.82) is 5.26 Å². The number of hydrogen-bond donors (Lipinski definition) is 1. The van der Waals surface area contributed by atoms with Crippen LogP contribution in [0.4, 0.5) is 5.82 Å². The number of nitrogens with one attached hydrogen (secondary N) is 1. The van der Waals surface area contributed by atoms with E-state index in [0.29, 0.717) is 11.4 Å². The quantitative estimate of drug-likeness (QED) is 0.763. The highest BCUT2D eigenvalue weighted by Gasteiger charge is 2.09.